The molecule has 0 unspecified atom stereocenters. The first kappa shape index (κ1) is 14.4. The average molecular weight is 281 g/mol. The fourth-order valence-corrected chi connectivity index (χ4v) is 2.72. The van der Waals surface area contributed by atoms with Crippen molar-refractivity contribution in [1.82, 2.24) is 5.32 Å². The Balaban J connectivity index is 1.77. The molecule has 0 radical (unpaired) electrons. The second-order valence-corrected chi connectivity index (χ2v) is 5.73. The van der Waals surface area contributed by atoms with Gasteiger partial charge in [0.1, 0.15) is 0 Å². The van der Waals surface area contributed by atoms with Crippen LogP contribution in [0.25, 0.3) is 0 Å². The first-order chi connectivity index (χ1) is 9.19. The van der Waals surface area contributed by atoms with Crippen LogP contribution in [0.15, 0.2) is 24.3 Å². The molecule has 19 heavy (non-hydrogen) atoms. The van der Waals surface area contributed by atoms with Gasteiger partial charge in [-0.2, -0.15) is 0 Å². The van der Waals surface area contributed by atoms with Crippen LogP contribution in [0.2, 0.25) is 5.02 Å². The molecule has 3 nitrogen and oxygen atoms in total. The Bertz CT molecular complexity index is 411. The summed E-state index contributed by atoms with van der Waals surface area (Å²) in [7, 11) is 0. The molecule has 1 amide bonds. The number of carbonyl (C=O) groups excluding carboxylic acids is 1. The number of benzene rings is 1. The lowest BCUT2D eigenvalue weighted by Crippen LogP contribution is -2.33. The molecule has 1 fully saturated rings. The van der Waals surface area contributed by atoms with E-state index in [4.69, 9.17) is 17.3 Å². The van der Waals surface area contributed by atoms with E-state index < -0.39 is 0 Å². The molecule has 0 bridgehead atoms. The molecule has 1 aliphatic rings. The normalized spacial score (nSPS) is 23.1. The summed E-state index contributed by atoms with van der Waals surface area (Å²) >= 11 is 5.83. The largest absolute Gasteiger partial charge is 0.352 e. The van der Waals surface area contributed by atoms with Gasteiger partial charge in [0.05, 0.1) is 0 Å². The van der Waals surface area contributed by atoms with E-state index in [1.54, 1.807) is 0 Å². The minimum absolute atomic E-state index is 0.162. The van der Waals surface area contributed by atoms with E-state index >= 15 is 0 Å². The summed E-state index contributed by atoms with van der Waals surface area (Å²) < 4.78 is 0. The zero-order valence-electron chi connectivity index (χ0n) is 11.1. The molecule has 104 valence electrons. The average Bonchev–Trinajstić information content (AvgIpc) is 2.46. The molecular formula is C15H21ClN2O. The number of carbonyl (C=O) groups is 1. The monoisotopic (exact) mass is 280 g/mol. The van der Waals surface area contributed by atoms with Gasteiger partial charge in [-0.3, -0.25) is 4.79 Å². The summed E-state index contributed by atoms with van der Waals surface area (Å²) in [6.45, 7) is 1.33. The molecule has 0 heterocycles. The van der Waals surface area contributed by atoms with Gasteiger partial charge < -0.3 is 11.1 Å². The highest BCUT2D eigenvalue weighted by atomic mass is 35.5. The Labute approximate surface area is 119 Å². The predicted molar refractivity (Wildman–Crippen MR) is 77.8 cm³/mol. The number of hydrogen-bond acceptors (Lipinski definition) is 2. The lowest BCUT2D eigenvalue weighted by Gasteiger charge is -2.26. The van der Waals surface area contributed by atoms with Gasteiger partial charge in [-0.1, -0.05) is 23.7 Å². The van der Waals surface area contributed by atoms with Gasteiger partial charge in [0.25, 0.3) is 0 Å². The highest BCUT2D eigenvalue weighted by Gasteiger charge is 2.25. The van der Waals surface area contributed by atoms with Crippen LogP contribution in [0.3, 0.4) is 0 Å². The predicted octanol–water partition coefficient (Wildman–Crippen LogP) is 2.72. The van der Waals surface area contributed by atoms with Crippen LogP contribution >= 0.6 is 11.6 Å². The van der Waals surface area contributed by atoms with E-state index in [-0.39, 0.29) is 11.8 Å². The van der Waals surface area contributed by atoms with Crippen molar-refractivity contribution < 1.29 is 4.79 Å². The molecule has 2 rings (SSSR count). The zero-order valence-corrected chi connectivity index (χ0v) is 11.8. The summed E-state index contributed by atoms with van der Waals surface area (Å²) in [5.74, 6) is 0.945. The van der Waals surface area contributed by atoms with Crippen molar-refractivity contribution in [3.05, 3.63) is 34.9 Å². The molecule has 1 aromatic rings. The summed E-state index contributed by atoms with van der Waals surface area (Å²) in [5, 5.41) is 3.73. The molecule has 0 saturated heterocycles. The number of nitrogens with one attached hydrogen (secondary N) is 1. The van der Waals surface area contributed by atoms with Gasteiger partial charge >= 0.3 is 0 Å². The lowest BCUT2D eigenvalue weighted by atomic mass is 9.81. The Morgan fingerprint density at radius 3 is 2.42 bits per heavy atom. The van der Waals surface area contributed by atoms with E-state index in [1.165, 1.54) is 0 Å². The van der Waals surface area contributed by atoms with E-state index in [0.717, 1.165) is 42.8 Å². The number of nitrogens with two attached hydrogens (primary N) is 1. The molecule has 1 saturated carbocycles. The van der Waals surface area contributed by atoms with Crippen molar-refractivity contribution >= 4 is 17.5 Å². The van der Waals surface area contributed by atoms with Gasteiger partial charge in [-0.25, -0.2) is 0 Å². The van der Waals surface area contributed by atoms with Crippen molar-refractivity contribution in [2.75, 3.05) is 6.54 Å². The Morgan fingerprint density at radius 1 is 1.21 bits per heavy atom. The van der Waals surface area contributed by atoms with Crippen molar-refractivity contribution in [2.24, 2.45) is 17.6 Å². The maximum atomic E-state index is 12.1. The Hall–Kier alpha value is -1.06. The van der Waals surface area contributed by atoms with Crippen LogP contribution in [0.1, 0.15) is 31.2 Å². The van der Waals surface area contributed by atoms with Crippen LogP contribution in [-0.4, -0.2) is 12.5 Å². The summed E-state index contributed by atoms with van der Waals surface area (Å²) in [6, 6.07) is 7.56. The van der Waals surface area contributed by atoms with Crippen LogP contribution in [0.5, 0.6) is 0 Å². The third-order valence-corrected chi connectivity index (χ3v) is 4.18. The van der Waals surface area contributed by atoms with Gasteiger partial charge in [0, 0.05) is 17.5 Å². The van der Waals surface area contributed by atoms with E-state index in [9.17, 15) is 4.79 Å². The van der Waals surface area contributed by atoms with Crippen LogP contribution in [-0.2, 0) is 11.3 Å². The fraction of sp³-hybridized carbons (Fsp3) is 0.533. The second-order valence-electron chi connectivity index (χ2n) is 5.30. The van der Waals surface area contributed by atoms with Crippen molar-refractivity contribution in [3.63, 3.8) is 0 Å². The van der Waals surface area contributed by atoms with Gasteiger partial charge in [0.2, 0.25) is 5.91 Å². The van der Waals surface area contributed by atoms with Gasteiger partial charge in [-0.05, 0) is 55.8 Å². The molecule has 0 aliphatic heterocycles. The smallest absolute Gasteiger partial charge is 0.223 e. The minimum atomic E-state index is 0.162. The first-order valence-corrected chi connectivity index (χ1v) is 7.29. The highest BCUT2D eigenvalue weighted by molar-refractivity contribution is 6.30. The molecule has 1 aromatic carbocycles. The molecule has 1 aliphatic carbocycles. The summed E-state index contributed by atoms with van der Waals surface area (Å²) in [5.41, 5.74) is 6.74. The number of rotatable bonds is 4. The SMILES string of the molecule is NCC1CCC(C(=O)NCc2ccc(Cl)cc2)CC1. The lowest BCUT2D eigenvalue weighted by molar-refractivity contribution is -0.126. The second kappa shape index (κ2) is 6.92. The quantitative estimate of drug-likeness (QED) is 0.891. The number of amides is 1. The topological polar surface area (TPSA) is 55.1 Å². The number of halogens is 1. The molecule has 3 N–H and O–H groups in total. The standard InChI is InChI=1S/C15H21ClN2O/c16-14-7-3-12(4-8-14)10-18-15(19)13-5-1-11(9-17)2-6-13/h3-4,7-8,11,13H,1-2,5-6,9-10,17H2,(H,18,19). The van der Waals surface area contributed by atoms with Crippen molar-refractivity contribution in [3.8, 4) is 0 Å². The maximum absolute atomic E-state index is 12.1. The van der Waals surface area contributed by atoms with Gasteiger partial charge in [-0.15, -0.1) is 0 Å². The molecular weight excluding hydrogens is 260 g/mol. The summed E-state index contributed by atoms with van der Waals surface area (Å²) in [4.78, 5) is 12.1. The van der Waals surface area contributed by atoms with Crippen LogP contribution < -0.4 is 11.1 Å². The van der Waals surface area contributed by atoms with E-state index in [1.807, 2.05) is 24.3 Å². The zero-order chi connectivity index (χ0) is 13.7. The molecule has 0 aromatic heterocycles. The maximum Gasteiger partial charge on any atom is 0.223 e. The number of hydrogen-bond donors (Lipinski definition) is 2. The Morgan fingerprint density at radius 2 is 1.84 bits per heavy atom. The summed E-state index contributed by atoms with van der Waals surface area (Å²) in [6.07, 6.45) is 4.09. The fourth-order valence-electron chi connectivity index (χ4n) is 2.60. The third-order valence-electron chi connectivity index (χ3n) is 3.93. The van der Waals surface area contributed by atoms with E-state index in [0.29, 0.717) is 12.5 Å². The van der Waals surface area contributed by atoms with Crippen LogP contribution in [0.4, 0.5) is 0 Å². The Kier molecular flexibility index (Phi) is 5.23. The third kappa shape index (κ3) is 4.22. The van der Waals surface area contributed by atoms with Crippen molar-refractivity contribution in [2.45, 2.75) is 32.2 Å². The van der Waals surface area contributed by atoms with E-state index in [2.05, 4.69) is 5.32 Å². The minimum Gasteiger partial charge on any atom is -0.352 e. The molecule has 4 heteroatoms. The molecule has 0 atom stereocenters. The first-order valence-electron chi connectivity index (χ1n) is 6.91. The van der Waals surface area contributed by atoms with Gasteiger partial charge in [0.15, 0.2) is 0 Å². The highest BCUT2D eigenvalue weighted by Crippen LogP contribution is 2.28. The van der Waals surface area contributed by atoms with Crippen molar-refractivity contribution in [1.29, 1.82) is 0 Å². The van der Waals surface area contributed by atoms with Crippen LogP contribution in [0, 0.1) is 11.8 Å². The molecule has 0 spiro atoms.